The fourth-order valence-electron chi connectivity index (χ4n) is 3.96. The predicted molar refractivity (Wildman–Crippen MR) is 112 cm³/mol. The van der Waals surface area contributed by atoms with Gasteiger partial charge in [0.05, 0.1) is 10.8 Å². The van der Waals surface area contributed by atoms with Crippen LogP contribution in [-0.4, -0.2) is 31.7 Å². The highest BCUT2D eigenvalue weighted by atomic mass is 32.2. The van der Waals surface area contributed by atoms with Crippen molar-refractivity contribution < 1.29 is 13.2 Å². The van der Waals surface area contributed by atoms with Gasteiger partial charge in [-0.2, -0.15) is 4.31 Å². The average Bonchev–Trinajstić information content (AvgIpc) is 2.62. The number of amides is 1. The van der Waals surface area contributed by atoms with E-state index in [2.05, 4.69) is 5.32 Å². The first kappa shape index (κ1) is 20.6. The molecule has 2 aromatic rings. The van der Waals surface area contributed by atoms with Gasteiger partial charge in [0.2, 0.25) is 15.9 Å². The van der Waals surface area contributed by atoms with E-state index in [1.807, 2.05) is 64.1 Å². The van der Waals surface area contributed by atoms with E-state index in [-0.39, 0.29) is 18.4 Å². The van der Waals surface area contributed by atoms with Gasteiger partial charge in [-0.05, 0) is 63.8 Å². The number of rotatable bonds is 4. The van der Waals surface area contributed by atoms with Crippen LogP contribution in [0.5, 0.6) is 0 Å². The Balaban J connectivity index is 1.79. The molecule has 5 nitrogen and oxygen atoms in total. The molecule has 1 aliphatic heterocycles. The molecule has 1 amide bonds. The predicted octanol–water partition coefficient (Wildman–Crippen LogP) is 3.96. The zero-order valence-electron chi connectivity index (χ0n) is 17.0. The van der Waals surface area contributed by atoms with Crippen molar-refractivity contribution in [1.29, 1.82) is 0 Å². The maximum Gasteiger partial charge on any atom is 0.243 e. The van der Waals surface area contributed by atoms with E-state index in [1.54, 1.807) is 0 Å². The molecule has 0 spiro atoms. The summed E-state index contributed by atoms with van der Waals surface area (Å²) in [7, 11) is -3.63. The number of sulfonamides is 1. The fourth-order valence-corrected chi connectivity index (χ4v) is 5.89. The normalized spacial score (nSPS) is 18.1. The van der Waals surface area contributed by atoms with Gasteiger partial charge in [0, 0.05) is 18.8 Å². The van der Waals surface area contributed by atoms with Gasteiger partial charge in [-0.15, -0.1) is 0 Å². The molecule has 1 aliphatic rings. The Morgan fingerprint density at radius 1 is 1.00 bits per heavy atom. The molecule has 2 aromatic carbocycles. The molecule has 1 N–H and O–H groups in total. The zero-order chi connectivity index (χ0) is 20.5. The molecule has 0 unspecified atom stereocenters. The maximum absolute atomic E-state index is 13.3. The Morgan fingerprint density at radius 3 is 2.21 bits per heavy atom. The van der Waals surface area contributed by atoms with Crippen LogP contribution in [0.3, 0.4) is 0 Å². The van der Waals surface area contributed by atoms with Gasteiger partial charge in [-0.3, -0.25) is 4.79 Å². The van der Waals surface area contributed by atoms with E-state index < -0.39 is 10.0 Å². The first-order valence-electron chi connectivity index (χ1n) is 9.64. The first-order chi connectivity index (χ1) is 13.2. The Kier molecular flexibility index (Phi) is 5.91. The van der Waals surface area contributed by atoms with Crippen LogP contribution in [0.1, 0.15) is 35.1 Å². The highest BCUT2D eigenvalue weighted by Crippen LogP contribution is 2.29. The van der Waals surface area contributed by atoms with Crippen LogP contribution in [0.4, 0.5) is 5.69 Å². The third-order valence-electron chi connectivity index (χ3n) is 5.28. The van der Waals surface area contributed by atoms with E-state index in [9.17, 15) is 13.2 Å². The van der Waals surface area contributed by atoms with Gasteiger partial charge >= 0.3 is 0 Å². The van der Waals surface area contributed by atoms with Gasteiger partial charge in [-0.1, -0.05) is 35.4 Å². The molecule has 1 saturated heterocycles. The zero-order valence-corrected chi connectivity index (χ0v) is 17.8. The smallest absolute Gasteiger partial charge is 0.243 e. The number of carbonyl (C=O) groups is 1. The van der Waals surface area contributed by atoms with Gasteiger partial charge in [0.15, 0.2) is 0 Å². The van der Waals surface area contributed by atoms with Gasteiger partial charge < -0.3 is 5.32 Å². The maximum atomic E-state index is 13.3. The van der Waals surface area contributed by atoms with Crippen molar-refractivity contribution in [3.63, 3.8) is 0 Å². The highest BCUT2D eigenvalue weighted by molar-refractivity contribution is 7.89. The summed E-state index contributed by atoms with van der Waals surface area (Å²) < 4.78 is 28.1. The second-order valence-corrected chi connectivity index (χ2v) is 9.66. The molecule has 1 fully saturated rings. The van der Waals surface area contributed by atoms with Crippen molar-refractivity contribution in [2.75, 3.05) is 18.4 Å². The summed E-state index contributed by atoms with van der Waals surface area (Å²) in [4.78, 5) is 13.1. The van der Waals surface area contributed by atoms with Crippen molar-refractivity contribution in [3.8, 4) is 0 Å². The minimum atomic E-state index is -3.63. The lowest BCUT2D eigenvalue weighted by Gasteiger charge is -2.32. The number of aryl methyl sites for hydroxylation is 4. The second-order valence-electron chi connectivity index (χ2n) is 7.79. The number of nitrogens with zero attached hydrogens (tertiary/aromatic N) is 1. The molecular formula is C22H28N2O3S. The number of piperidine rings is 1. The van der Waals surface area contributed by atoms with Crippen molar-refractivity contribution in [2.45, 2.75) is 45.4 Å². The summed E-state index contributed by atoms with van der Waals surface area (Å²) >= 11 is 0. The lowest BCUT2D eigenvalue weighted by Crippen LogP contribution is -2.44. The Hall–Kier alpha value is -2.18. The van der Waals surface area contributed by atoms with Crippen LogP contribution in [0.25, 0.3) is 0 Å². The molecule has 6 heteroatoms. The van der Waals surface area contributed by atoms with E-state index in [4.69, 9.17) is 0 Å². The van der Waals surface area contributed by atoms with Crippen molar-refractivity contribution in [3.05, 3.63) is 58.7 Å². The third kappa shape index (κ3) is 4.28. The van der Waals surface area contributed by atoms with Crippen LogP contribution in [-0.2, 0) is 14.8 Å². The molecule has 1 atom stereocenters. The molecule has 0 aliphatic carbocycles. The number of anilines is 1. The lowest BCUT2D eigenvalue weighted by atomic mass is 9.98. The number of hydrogen-bond acceptors (Lipinski definition) is 3. The molecule has 0 bridgehead atoms. The summed E-state index contributed by atoms with van der Waals surface area (Å²) in [6.45, 7) is 8.28. The molecule has 150 valence electrons. The third-order valence-corrected chi connectivity index (χ3v) is 7.45. The number of carbonyl (C=O) groups excluding carboxylic acids is 1. The Labute approximate surface area is 167 Å². The molecule has 0 radical (unpaired) electrons. The Bertz CT molecular complexity index is 958. The van der Waals surface area contributed by atoms with Gasteiger partial charge in [-0.25, -0.2) is 8.42 Å². The number of nitrogens with one attached hydrogen (secondary N) is 1. The van der Waals surface area contributed by atoms with Crippen molar-refractivity contribution >= 4 is 21.6 Å². The summed E-state index contributed by atoms with van der Waals surface area (Å²) in [6, 6.07) is 11.4. The van der Waals surface area contributed by atoms with Crippen LogP contribution < -0.4 is 5.32 Å². The van der Waals surface area contributed by atoms with Crippen LogP contribution in [0, 0.1) is 33.6 Å². The van der Waals surface area contributed by atoms with E-state index >= 15 is 0 Å². The van der Waals surface area contributed by atoms with Gasteiger partial charge in [0.1, 0.15) is 0 Å². The fraction of sp³-hybridized carbons (Fsp3) is 0.409. The topological polar surface area (TPSA) is 66.5 Å². The minimum absolute atomic E-state index is 0.124. The molecule has 0 aromatic heterocycles. The van der Waals surface area contributed by atoms with E-state index in [0.29, 0.717) is 24.3 Å². The molecule has 0 saturated carbocycles. The van der Waals surface area contributed by atoms with Crippen LogP contribution >= 0.6 is 0 Å². The van der Waals surface area contributed by atoms with Crippen molar-refractivity contribution in [2.24, 2.45) is 5.92 Å². The average molecular weight is 401 g/mol. The first-order valence-corrected chi connectivity index (χ1v) is 11.1. The lowest BCUT2D eigenvalue weighted by molar-refractivity contribution is -0.120. The quantitative estimate of drug-likeness (QED) is 0.845. The SMILES string of the molecule is Cc1ccc(NC(=O)[C@H]2CCCN(S(=O)(=O)c3c(C)cc(C)cc3C)C2)cc1. The standard InChI is InChI=1S/C22H28N2O3S/c1-15-7-9-20(10-8-15)23-22(25)19-6-5-11-24(14-19)28(26,27)21-17(3)12-16(2)13-18(21)4/h7-10,12-13,19H,5-6,11,14H2,1-4H3,(H,23,25)/t19-/m0/s1. The van der Waals surface area contributed by atoms with E-state index in [0.717, 1.165) is 27.9 Å². The second kappa shape index (κ2) is 8.05. The number of benzene rings is 2. The minimum Gasteiger partial charge on any atom is -0.326 e. The largest absolute Gasteiger partial charge is 0.326 e. The molecular weight excluding hydrogens is 372 g/mol. The van der Waals surface area contributed by atoms with Gasteiger partial charge in [0.25, 0.3) is 0 Å². The summed E-state index contributed by atoms with van der Waals surface area (Å²) in [5.74, 6) is -0.475. The summed E-state index contributed by atoms with van der Waals surface area (Å²) in [5, 5.41) is 2.92. The summed E-state index contributed by atoms with van der Waals surface area (Å²) in [5.41, 5.74) is 4.41. The number of hydrogen-bond donors (Lipinski definition) is 1. The van der Waals surface area contributed by atoms with Crippen molar-refractivity contribution in [1.82, 2.24) is 4.31 Å². The van der Waals surface area contributed by atoms with Crippen LogP contribution in [0.15, 0.2) is 41.3 Å². The summed E-state index contributed by atoms with van der Waals surface area (Å²) in [6.07, 6.45) is 1.37. The molecule has 3 rings (SSSR count). The van der Waals surface area contributed by atoms with E-state index in [1.165, 1.54) is 4.31 Å². The molecule has 1 heterocycles. The monoisotopic (exact) mass is 400 g/mol. The Morgan fingerprint density at radius 2 is 1.61 bits per heavy atom. The van der Waals surface area contributed by atoms with Crippen LogP contribution in [0.2, 0.25) is 0 Å². The molecule has 28 heavy (non-hydrogen) atoms. The highest BCUT2D eigenvalue weighted by Gasteiger charge is 2.34.